The first kappa shape index (κ1) is 17.3. The Bertz CT molecular complexity index is 273. The Morgan fingerprint density at radius 1 is 1.00 bits per heavy atom. The zero-order valence-corrected chi connectivity index (χ0v) is 13.3. The molecule has 1 saturated heterocycles. The van der Waals surface area contributed by atoms with Gasteiger partial charge in [0, 0.05) is 12.5 Å². The second kappa shape index (κ2) is 12.0. The molecule has 20 heavy (non-hydrogen) atoms. The molecule has 1 amide bonds. The molecular weight excluding hydrogens is 246 g/mol. The number of carbonyl (C=O) groups excluding carboxylic acids is 1. The molecule has 1 N–H and O–H groups in total. The lowest BCUT2D eigenvalue weighted by Gasteiger charge is -2.08. The number of nitrogens with one attached hydrogen (secondary N) is 1. The van der Waals surface area contributed by atoms with Crippen LogP contribution in [0, 0.1) is 0 Å². The highest BCUT2D eigenvalue weighted by Crippen LogP contribution is 2.14. The average Bonchev–Trinajstić information content (AvgIpc) is 2.86. The van der Waals surface area contributed by atoms with Gasteiger partial charge in [0.25, 0.3) is 0 Å². The van der Waals surface area contributed by atoms with Crippen LogP contribution in [0.4, 0.5) is 0 Å². The molecule has 0 saturated carbocycles. The molecule has 1 atom stereocenters. The molecule has 2 heteroatoms. The number of amides is 1. The first-order valence-electron chi connectivity index (χ1n) is 8.77. The van der Waals surface area contributed by atoms with E-state index in [9.17, 15) is 4.79 Å². The topological polar surface area (TPSA) is 29.1 Å². The Kier molecular flexibility index (Phi) is 10.3. The zero-order chi connectivity index (χ0) is 14.5. The van der Waals surface area contributed by atoms with Gasteiger partial charge in [0.05, 0.1) is 0 Å². The van der Waals surface area contributed by atoms with Crippen LogP contribution in [-0.4, -0.2) is 11.9 Å². The van der Waals surface area contributed by atoms with Crippen molar-refractivity contribution in [2.24, 2.45) is 0 Å². The maximum absolute atomic E-state index is 11.0. The van der Waals surface area contributed by atoms with Gasteiger partial charge in [0.15, 0.2) is 0 Å². The number of allylic oxidation sites excluding steroid dienone is 2. The Morgan fingerprint density at radius 3 is 2.30 bits per heavy atom. The molecule has 1 fully saturated rings. The molecule has 0 aromatic heterocycles. The van der Waals surface area contributed by atoms with Crippen LogP contribution in [0.5, 0.6) is 0 Å². The van der Waals surface area contributed by atoms with Crippen molar-refractivity contribution in [2.75, 3.05) is 0 Å². The summed E-state index contributed by atoms with van der Waals surface area (Å²) in [5.41, 5.74) is 0. The fourth-order valence-electron chi connectivity index (χ4n) is 2.82. The van der Waals surface area contributed by atoms with Crippen molar-refractivity contribution in [1.29, 1.82) is 0 Å². The predicted octanol–water partition coefficient (Wildman–Crippen LogP) is 5.13. The molecule has 0 unspecified atom stereocenters. The van der Waals surface area contributed by atoms with Crippen LogP contribution < -0.4 is 5.32 Å². The SMILES string of the molecule is CCCCCCCC/C=C/CCCC[C@@H]1CCC(=O)N1. The summed E-state index contributed by atoms with van der Waals surface area (Å²) >= 11 is 0. The Morgan fingerprint density at radius 2 is 1.65 bits per heavy atom. The molecule has 0 aromatic rings. The van der Waals surface area contributed by atoms with E-state index >= 15 is 0 Å². The molecule has 0 spiro atoms. The normalized spacial score (nSPS) is 18.9. The fraction of sp³-hybridized carbons (Fsp3) is 0.833. The van der Waals surface area contributed by atoms with E-state index in [4.69, 9.17) is 0 Å². The number of unbranched alkanes of at least 4 members (excludes halogenated alkanes) is 8. The molecule has 1 aliphatic rings. The lowest BCUT2D eigenvalue weighted by Crippen LogP contribution is -2.24. The summed E-state index contributed by atoms with van der Waals surface area (Å²) < 4.78 is 0. The van der Waals surface area contributed by atoms with Crippen LogP contribution in [0.3, 0.4) is 0 Å². The van der Waals surface area contributed by atoms with Crippen LogP contribution in [0.1, 0.15) is 90.4 Å². The zero-order valence-electron chi connectivity index (χ0n) is 13.3. The third-order valence-corrected chi connectivity index (χ3v) is 4.15. The van der Waals surface area contributed by atoms with Crippen molar-refractivity contribution in [2.45, 2.75) is 96.4 Å². The Balaban J connectivity index is 1.79. The van der Waals surface area contributed by atoms with E-state index in [0.29, 0.717) is 6.04 Å². The lowest BCUT2D eigenvalue weighted by atomic mass is 10.1. The van der Waals surface area contributed by atoms with Crippen molar-refractivity contribution >= 4 is 5.91 Å². The van der Waals surface area contributed by atoms with Crippen LogP contribution in [0.25, 0.3) is 0 Å². The summed E-state index contributed by atoms with van der Waals surface area (Å²) in [6.45, 7) is 2.27. The van der Waals surface area contributed by atoms with Gasteiger partial charge in [-0.1, -0.05) is 57.6 Å². The molecule has 2 nitrogen and oxygen atoms in total. The first-order valence-corrected chi connectivity index (χ1v) is 8.77. The van der Waals surface area contributed by atoms with Gasteiger partial charge in [-0.15, -0.1) is 0 Å². The summed E-state index contributed by atoms with van der Waals surface area (Å²) in [4.78, 5) is 11.0. The van der Waals surface area contributed by atoms with E-state index in [1.54, 1.807) is 0 Å². The van der Waals surface area contributed by atoms with Gasteiger partial charge in [0.1, 0.15) is 0 Å². The van der Waals surface area contributed by atoms with Crippen LogP contribution in [0.15, 0.2) is 12.2 Å². The van der Waals surface area contributed by atoms with Crippen molar-refractivity contribution < 1.29 is 4.79 Å². The van der Waals surface area contributed by atoms with Crippen molar-refractivity contribution in [3.05, 3.63) is 12.2 Å². The fourth-order valence-corrected chi connectivity index (χ4v) is 2.82. The molecule has 0 aromatic carbocycles. The van der Waals surface area contributed by atoms with Gasteiger partial charge < -0.3 is 5.32 Å². The van der Waals surface area contributed by atoms with Gasteiger partial charge in [-0.2, -0.15) is 0 Å². The molecule has 1 heterocycles. The third-order valence-electron chi connectivity index (χ3n) is 4.15. The molecule has 0 bridgehead atoms. The second-order valence-electron chi connectivity index (χ2n) is 6.12. The highest BCUT2D eigenvalue weighted by atomic mass is 16.1. The smallest absolute Gasteiger partial charge is 0.220 e. The van der Waals surface area contributed by atoms with E-state index in [2.05, 4.69) is 24.4 Å². The van der Waals surface area contributed by atoms with Crippen LogP contribution in [0.2, 0.25) is 0 Å². The largest absolute Gasteiger partial charge is 0.353 e. The van der Waals surface area contributed by atoms with Crippen molar-refractivity contribution in [3.8, 4) is 0 Å². The highest BCUT2D eigenvalue weighted by molar-refractivity contribution is 5.78. The standard InChI is InChI=1S/C18H33NO/c1-2-3-4-5-6-7-8-9-10-11-12-13-14-17-15-16-18(20)19-17/h9-10,17H,2-8,11-16H2,1H3,(H,19,20)/b10-9+/t17-/m1/s1. The maximum Gasteiger partial charge on any atom is 0.220 e. The second-order valence-corrected chi connectivity index (χ2v) is 6.12. The average molecular weight is 279 g/mol. The van der Waals surface area contributed by atoms with E-state index in [0.717, 1.165) is 19.3 Å². The number of carbonyl (C=O) groups is 1. The Hall–Kier alpha value is -0.790. The summed E-state index contributed by atoms with van der Waals surface area (Å²) in [5, 5.41) is 3.04. The van der Waals surface area contributed by atoms with Crippen molar-refractivity contribution in [1.82, 2.24) is 5.32 Å². The molecule has 0 aliphatic carbocycles. The molecule has 116 valence electrons. The minimum atomic E-state index is 0.244. The summed E-state index contributed by atoms with van der Waals surface area (Å²) in [7, 11) is 0. The maximum atomic E-state index is 11.0. The third kappa shape index (κ3) is 9.17. The minimum absolute atomic E-state index is 0.244. The number of hydrogen-bond acceptors (Lipinski definition) is 1. The minimum Gasteiger partial charge on any atom is -0.353 e. The van der Waals surface area contributed by atoms with E-state index in [-0.39, 0.29) is 5.91 Å². The number of rotatable bonds is 12. The number of hydrogen-bond donors (Lipinski definition) is 1. The lowest BCUT2D eigenvalue weighted by molar-refractivity contribution is -0.119. The van der Waals surface area contributed by atoms with Gasteiger partial charge in [-0.25, -0.2) is 0 Å². The molecular formula is C18H33NO. The van der Waals surface area contributed by atoms with Crippen LogP contribution >= 0.6 is 0 Å². The monoisotopic (exact) mass is 279 g/mol. The van der Waals surface area contributed by atoms with Gasteiger partial charge in [0.2, 0.25) is 5.91 Å². The summed E-state index contributed by atoms with van der Waals surface area (Å²) in [6.07, 6.45) is 20.9. The van der Waals surface area contributed by atoms with Gasteiger partial charge in [-0.3, -0.25) is 4.79 Å². The quantitative estimate of drug-likeness (QED) is 0.389. The van der Waals surface area contributed by atoms with E-state index < -0.39 is 0 Å². The summed E-state index contributed by atoms with van der Waals surface area (Å²) in [6, 6.07) is 0.467. The molecule has 1 rings (SSSR count). The first-order chi connectivity index (χ1) is 9.83. The Labute approximate surface area is 125 Å². The van der Waals surface area contributed by atoms with Gasteiger partial charge >= 0.3 is 0 Å². The van der Waals surface area contributed by atoms with Crippen LogP contribution in [-0.2, 0) is 4.79 Å². The predicted molar refractivity (Wildman–Crippen MR) is 86.8 cm³/mol. The highest BCUT2D eigenvalue weighted by Gasteiger charge is 2.19. The van der Waals surface area contributed by atoms with Gasteiger partial charge in [-0.05, 0) is 38.5 Å². The van der Waals surface area contributed by atoms with E-state index in [1.807, 2.05) is 0 Å². The van der Waals surface area contributed by atoms with E-state index in [1.165, 1.54) is 64.2 Å². The summed E-state index contributed by atoms with van der Waals surface area (Å²) in [5.74, 6) is 0.244. The molecule has 0 radical (unpaired) electrons. The molecule has 1 aliphatic heterocycles. The van der Waals surface area contributed by atoms with Crippen molar-refractivity contribution in [3.63, 3.8) is 0 Å².